The van der Waals surface area contributed by atoms with Crippen molar-refractivity contribution >= 4 is 10.9 Å². The fourth-order valence-electron chi connectivity index (χ4n) is 2.37. The summed E-state index contributed by atoms with van der Waals surface area (Å²) in [6.45, 7) is 3.22. The van der Waals surface area contributed by atoms with E-state index in [0.717, 1.165) is 12.5 Å². The van der Waals surface area contributed by atoms with Crippen LogP contribution in [-0.4, -0.2) is 4.57 Å². The lowest BCUT2D eigenvalue weighted by atomic mass is 10.1. The van der Waals surface area contributed by atoms with Gasteiger partial charge in [0.05, 0.1) is 0 Å². The summed E-state index contributed by atoms with van der Waals surface area (Å²) >= 11 is 0. The average Bonchev–Trinajstić information content (AvgIpc) is 3.00. The number of nitrogens with zero attached hydrogens (tertiary/aromatic N) is 1. The molecular weight excluding hydrogens is 196 g/mol. The Morgan fingerprint density at radius 2 is 2.12 bits per heavy atom. The predicted molar refractivity (Wildman–Crippen MR) is 67.3 cm³/mol. The molecule has 1 aromatic heterocycles. The molecule has 1 fully saturated rings. The number of fused-ring (bicyclic) bond motifs is 1. The van der Waals surface area contributed by atoms with Gasteiger partial charge in [-0.05, 0) is 37.3 Å². The summed E-state index contributed by atoms with van der Waals surface area (Å²) in [7, 11) is 0. The second-order valence-corrected chi connectivity index (χ2v) is 4.99. The van der Waals surface area contributed by atoms with Crippen LogP contribution in [0.4, 0.5) is 0 Å². The van der Waals surface area contributed by atoms with Gasteiger partial charge >= 0.3 is 0 Å². The van der Waals surface area contributed by atoms with Gasteiger partial charge in [-0.2, -0.15) is 0 Å². The molecule has 1 heterocycles. The zero-order chi connectivity index (χ0) is 11.1. The fourth-order valence-corrected chi connectivity index (χ4v) is 2.37. The molecule has 0 aliphatic heterocycles. The molecule has 0 saturated heterocycles. The Bertz CT molecular complexity index is 506. The van der Waals surface area contributed by atoms with E-state index in [0.29, 0.717) is 0 Å². The Hall–Kier alpha value is -1.28. The van der Waals surface area contributed by atoms with Crippen LogP contribution in [0.15, 0.2) is 30.5 Å². The van der Waals surface area contributed by atoms with Gasteiger partial charge in [0.1, 0.15) is 0 Å². The lowest BCUT2D eigenvalue weighted by Gasteiger charge is -2.02. The zero-order valence-corrected chi connectivity index (χ0v) is 9.69. The molecule has 2 heteroatoms. The second-order valence-electron chi connectivity index (χ2n) is 4.99. The van der Waals surface area contributed by atoms with E-state index in [1.54, 1.807) is 0 Å². The molecule has 1 aliphatic carbocycles. The summed E-state index contributed by atoms with van der Waals surface area (Å²) in [6.07, 6.45) is 5.02. The minimum atomic E-state index is 0.116. The van der Waals surface area contributed by atoms with Crippen molar-refractivity contribution in [2.45, 2.75) is 32.4 Å². The van der Waals surface area contributed by atoms with Gasteiger partial charge in [-0.15, -0.1) is 0 Å². The monoisotopic (exact) mass is 214 g/mol. The molecule has 2 N–H and O–H groups in total. The van der Waals surface area contributed by atoms with Crippen molar-refractivity contribution in [2.24, 2.45) is 11.7 Å². The van der Waals surface area contributed by atoms with E-state index in [2.05, 4.69) is 42.0 Å². The van der Waals surface area contributed by atoms with Gasteiger partial charge in [0.25, 0.3) is 0 Å². The maximum Gasteiger partial charge on any atom is 0.0483 e. The summed E-state index contributed by atoms with van der Waals surface area (Å²) in [5, 5.41) is 1.32. The minimum Gasteiger partial charge on any atom is -0.347 e. The third kappa shape index (κ3) is 1.63. The van der Waals surface area contributed by atoms with Crippen LogP contribution in [0.5, 0.6) is 0 Å². The van der Waals surface area contributed by atoms with Crippen LogP contribution in [0.1, 0.15) is 31.4 Å². The van der Waals surface area contributed by atoms with Gasteiger partial charge in [0.2, 0.25) is 0 Å². The normalized spacial score (nSPS) is 17.9. The molecule has 3 rings (SSSR count). The molecule has 2 nitrogen and oxygen atoms in total. The van der Waals surface area contributed by atoms with E-state index in [9.17, 15) is 0 Å². The van der Waals surface area contributed by atoms with Crippen LogP contribution in [0, 0.1) is 5.92 Å². The molecule has 1 aromatic carbocycles. The van der Waals surface area contributed by atoms with Crippen molar-refractivity contribution in [1.29, 1.82) is 0 Å². The van der Waals surface area contributed by atoms with Crippen molar-refractivity contribution in [3.05, 3.63) is 36.0 Å². The predicted octanol–water partition coefficient (Wildman–Crippen LogP) is 3.07. The highest BCUT2D eigenvalue weighted by Crippen LogP contribution is 2.33. The highest BCUT2D eigenvalue weighted by molar-refractivity contribution is 5.84. The van der Waals surface area contributed by atoms with E-state index < -0.39 is 0 Å². The van der Waals surface area contributed by atoms with Crippen LogP contribution in [0.2, 0.25) is 0 Å². The molecule has 1 atom stereocenters. The molecule has 1 aliphatic rings. The number of aromatic nitrogens is 1. The Morgan fingerprint density at radius 1 is 1.38 bits per heavy atom. The van der Waals surface area contributed by atoms with E-state index in [4.69, 9.17) is 5.73 Å². The number of hydrogen-bond donors (Lipinski definition) is 1. The van der Waals surface area contributed by atoms with Gasteiger partial charge < -0.3 is 10.3 Å². The van der Waals surface area contributed by atoms with E-state index in [1.807, 2.05) is 0 Å². The van der Waals surface area contributed by atoms with Crippen LogP contribution in [-0.2, 0) is 6.54 Å². The molecule has 2 aromatic rings. The molecule has 0 radical (unpaired) electrons. The smallest absolute Gasteiger partial charge is 0.0483 e. The third-order valence-electron chi connectivity index (χ3n) is 3.46. The Morgan fingerprint density at radius 3 is 2.81 bits per heavy atom. The molecule has 0 bridgehead atoms. The summed E-state index contributed by atoms with van der Waals surface area (Å²) in [6, 6.07) is 8.69. The van der Waals surface area contributed by atoms with Gasteiger partial charge in [-0.3, -0.25) is 0 Å². The SMILES string of the molecule is CC(N)c1cn(CC2CC2)c2ccccc12. The molecule has 0 spiro atoms. The Balaban J connectivity index is 2.12. The van der Waals surface area contributed by atoms with Gasteiger partial charge in [0, 0.05) is 29.7 Å². The number of rotatable bonds is 3. The fraction of sp³-hybridized carbons (Fsp3) is 0.429. The standard InChI is InChI=1S/C14H18N2/c1-10(15)13-9-16(8-11-6-7-11)14-5-3-2-4-12(13)14/h2-5,9-11H,6-8,15H2,1H3. The summed E-state index contributed by atoms with van der Waals surface area (Å²) in [5.74, 6) is 0.900. The summed E-state index contributed by atoms with van der Waals surface area (Å²) in [5.41, 5.74) is 8.64. The van der Waals surface area contributed by atoms with Crippen molar-refractivity contribution < 1.29 is 0 Å². The second kappa shape index (κ2) is 3.63. The van der Waals surface area contributed by atoms with Crippen molar-refractivity contribution in [3.8, 4) is 0 Å². The number of benzene rings is 1. The molecule has 84 valence electrons. The third-order valence-corrected chi connectivity index (χ3v) is 3.46. The van der Waals surface area contributed by atoms with Crippen molar-refractivity contribution in [3.63, 3.8) is 0 Å². The maximum atomic E-state index is 6.03. The van der Waals surface area contributed by atoms with Crippen LogP contribution >= 0.6 is 0 Å². The van der Waals surface area contributed by atoms with Gasteiger partial charge in [-0.1, -0.05) is 18.2 Å². The minimum absolute atomic E-state index is 0.116. The summed E-state index contributed by atoms with van der Waals surface area (Å²) in [4.78, 5) is 0. The molecule has 0 amide bonds. The maximum absolute atomic E-state index is 6.03. The lowest BCUT2D eigenvalue weighted by Crippen LogP contribution is -2.04. The Kier molecular flexibility index (Phi) is 2.25. The van der Waals surface area contributed by atoms with Gasteiger partial charge in [-0.25, -0.2) is 0 Å². The molecule has 1 saturated carbocycles. The molecular formula is C14H18N2. The first-order valence-corrected chi connectivity index (χ1v) is 6.09. The first kappa shape index (κ1) is 9.91. The topological polar surface area (TPSA) is 30.9 Å². The average molecular weight is 214 g/mol. The highest BCUT2D eigenvalue weighted by atomic mass is 15.0. The largest absolute Gasteiger partial charge is 0.347 e. The molecule has 1 unspecified atom stereocenters. The van der Waals surface area contributed by atoms with E-state index >= 15 is 0 Å². The summed E-state index contributed by atoms with van der Waals surface area (Å²) < 4.78 is 2.38. The number of hydrogen-bond acceptors (Lipinski definition) is 1. The highest BCUT2D eigenvalue weighted by Gasteiger charge is 2.23. The molecule has 16 heavy (non-hydrogen) atoms. The number of nitrogens with two attached hydrogens (primary N) is 1. The first-order valence-electron chi connectivity index (χ1n) is 6.09. The van der Waals surface area contributed by atoms with Crippen molar-refractivity contribution in [2.75, 3.05) is 0 Å². The van der Waals surface area contributed by atoms with Crippen LogP contribution in [0.3, 0.4) is 0 Å². The van der Waals surface area contributed by atoms with Crippen LogP contribution in [0.25, 0.3) is 10.9 Å². The van der Waals surface area contributed by atoms with Crippen molar-refractivity contribution in [1.82, 2.24) is 4.57 Å². The van der Waals surface area contributed by atoms with E-state index in [-0.39, 0.29) is 6.04 Å². The number of para-hydroxylation sites is 1. The van der Waals surface area contributed by atoms with E-state index in [1.165, 1.54) is 29.3 Å². The quantitative estimate of drug-likeness (QED) is 0.836. The Labute approximate surface area is 96.1 Å². The zero-order valence-electron chi connectivity index (χ0n) is 9.69. The first-order chi connectivity index (χ1) is 7.75. The van der Waals surface area contributed by atoms with Crippen LogP contribution < -0.4 is 5.73 Å². The lowest BCUT2D eigenvalue weighted by molar-refractivity contribution is 0.643. The van der Waals surface area contributed by atoms with Gasteiger partial charge in [0.15, 0.2) is 0 Å².